The summed E-state index contributed by atoms with van der Waals surface area (Å²) in [4.78, 5) is 12.3. The van der Waals surface area contributed by atoms with Crippen LogP contribution in [0.15, 0.2) is 23.8 Å². The summed E-state index contributed by atoms with van der Waals surface area (Å²) in [6.07, 6.45) is 1.29. The first kappa shape index (κ1) is 20.6. The van der Waals surface area contributed by atoms with Crippen LogP contribution in [-0.2, 0) is 29.0 Å². The molecule has 1 N–H and O–H groups in total. The van der Waals surface area contributed by atoms with Crippen molar-refractivity contribution in [3.05, 3.63) is 41.2 Å². The topological polar surface area (TPSA) is 90.9 Å². The van der Waals surface area contributed by atoms with E-state index in [-0.39, 0.29) is 44.3 Å². The average Bonchev–Trinajstić information content (AvgIpc) is 3.07. The zero-order chi connectivity index (χ0) is 20.5. The molecule has 28 heavy (non-hydrogen) atoms. The summed E-state index contributed by atoms with van der Waals surface area (Å²) < 4.78 is 83.7. The normalized spacial score (nSPS) is 21.4. The number of hydrogen-bond donors (Lipinski definition) is 1. The highest BCUT2D eigenvalue weighted by atomic mass is 32.2. The zero-order valence-corrected chi connectivity index (χ0v) is 15.7. The number of carbonyl (C=O) groups excluding carboxylic acids is 1. The summed E-state index contributed by atoms with van der Waals surface area (Å²) in [5.41, 5.74) is -0.999. The van der Waals surface area contributed by atoms with E-state index in [0.717, 1.165) is 0 Å². The predicted molar refractivity (Wildman–Crippen MR) is 91.2 cm³/mol. The van der Waals surface area contributed by atoms with Crippen LogP contribution >= 0.6 is 0 Å². The molecule has 0 aromatic heterocycles. The van der Waals surface area contributed by atoms with Gasteiger partial charge in [-0.1, -0.05) is 0 Å². The van der Waals surface area contributed by atoms with Gasteiger partial charge in [0.15, 0.2) is 17.4 Å². The smallest absolute Gasteiger partial charge is 0.335 e. The van der Waals surface area contributed by atoms with Gasteiger partial charge < -0.3 is 14.2 Å². The molecule has 0 amide bonds. The Kier molecular flexibility index (Phi) is 5.69. The first-order valence-corrected chi connectivity index (χ1v) is 10.1. The third-order valence-electron chi connectivity index (χ3n) is 4.40. The van der Waals surface area contributed by atoms with Crippen LogP contribution in [-0.4, -0.2) is 45.2 Å². The molecule has 1 heterocycles. The van der Waals surface area contributed by atoms with Crippen LogP contribution in [0.3, 0.4) is 0 Å². The van der Waals surface area contributed by atoms with E-state index in [0.29, 0.717) is 6.07 Å². The second-order valence-corrected chi connectivity index (χ2v) is 8.11. The van der Waals surface area contributed by atoms with E-state index in [1.807, 2.05) is 4.72 Å². The van der Waals surface area contributed by atoms with E-state index in [1.54, 1.807) is 6.92 Å². The van der Waals surface area contributed by atoms with E-state index in [2.05, 4.69) is 0 Å². The molecule has 3 rings (SSSR count). The van der Waals surface area contributed by atoms with Gasteiger partial charge in [-0.2, -0.15) is 0 Å². The lowest BCUT2D eigenvalue weighted by Gasteiger charge is -2.33. The van der Waals surface area contributed by atoms with Crippen molar-refractivity contribution in [2.75, 3.05) is 24.5 Å². The number of sulfonamides is 1. The molecule has 1 fully saturated rings. The predicted octanol–water partition coefficient (Wildman–Crippen LogP) is 2.24. The number of rotatable bonds is 5. The van der Waals surface area contributed by atoms with Gasteiger partial charge in [-0.05, 0) is 19.4 Å². The first-order valence-electron chi connectivity index (χ1n) is 8.51. The quantitative estimate of drug-likeness (QED) is 0.579. The minimum Gasteiger partial charge on any atom is -0.463 e. The highest BCUT2D eigenvalue weighted by Crippen LogP contribution is 2.37. The Morgan fingerprint density at radius 3 is 2.50 bits per heavy atom. The fourth-order valence-corrected chi connectivity index (χ4v) is 4.67. The van der Waals surface area contributed by atoms with E-state index in [4.69, 9.17) is 14.2 Å². The van der Waals surface area contributed by atoms with Crippen molar-refractivity contribution in [2.24, 2.45) is 0 Å². The van der Waals surface area contributed by atoms with Gasteiger partial charge in [0.1, 0.15) is 11.1 Å². The number of ether oxygens (including phenoxy) is 3. The Bertz CT molecular complexity index is 912. The van der Waals surface area contributed by atoms with Crippen molar-refractivity contribution < 1.29 is 40.6 Å². The summed E-state index contributed by atoms with van der Waals surface area (Å²) in [5.74, 6) is -6.28. The zero-order valence-electron chi connectivity index (χ0n) is 14.8. The monoisotopic (exact) mass is 421 g/mol. The summed E-state index contributed by atoms with van der Waals surface area (Å²) in [5, 5.41) is -1.42. The van der Waals surface area contributed by atoms with Gasteiger partial charge in [-0.15, -0.1) is 0 Å². The summed E-state index contributed by atoms with van der Waals surface area (Å²) >= 11 is 0. The second kappa shape index (κ2) is 7.72. The molecular formula is C17H18F3NO6S. The largest absolute Gasteiger partial charge is 0.463 e. The number of esters is 1. The molecule has 1 aliphatic carbocycles. The molecule has 1 atom stereocenters. The standard InChI is InChI=1S/C17H18F3NO6S/c1-2-25-16(22)10-9-17(26-5-6-27-17)4-3-15(10)28(23,24)21-14-8-12(19)11(18)7-13(14)20/h7-9,15,21H,2-6H2,1H3. The van der Waals surface area contributed by atoms with Gasteiger partial charge in [-0.3, -0.25) is 4.72 Å². The van der Waals surface area contributed by atoms with Crippen molar-refractivity contribution in [1.29, 1.82) is 0 Å². The van der Waals surface area contributed by atoms with E-state index in [1.165, 1.54) is 6.08 Å². The summed E-state index contributed by atoms with van der Waals surface area (Å²) in [6.45, 7) is 2.12. The van der Waals surface area contributed by atoms with Gasteiger partial charge in [-0.25, -0.2) is 26.4 Å². The van der Waals surface area contributed by atoms with Crippen LogP contribution in [0.1, 0.15) is 19.8 Å². The van der Waals surface area contributed by atoms with Crippen molar-refractivity contribution in [3.8, 4) is 0 Å². The van der Waals surface area contributed by atoms with Gasteiger partial charge in [0.05, 0.1) is 31.1 Å². The summed E-state index contributed by atoms with van der Waals surface area (Å²) in [6, 6.07) is 0.620. The SMILES string of the molecule is CCOC(=O)C1=CC2(CCC1S(=O)(=O)Nc1cc(F)c(F)cc1F)OCCO2. The Morgan fingerprint density at radius 2 is 1.86 bits per heavy atom. The third kappa shape index (κ3) is 4.01. The molecule has 1 aromatic carbocycles. The van der Waals surface area contributed by atoms with E-state index in [9.17, 15) is 26.4 Å². The number of carbonyl (C=O) groups is 1. The molecule has 0 bridgehead atoms. The maximum absolute atomic E-state index is 13.9. The van der Waals surface area contributed by atoms with Crippen LogP contribution in [0, 0.1) is 17.5 Å². The minimum atomic E-state index is -4.41. The molecule has 1 unspecified atom stereocenters. The van der Waals surface area contributed by atoms with Gasteiger partial charge in [0, 0.05) is 18.6 Å². The highest BCUT2D eigenvalue weighted by Gasteiger charge is 2.46. The van der Waals surface area contributed by atoms with Crippen molar-refractivity contribution in [1.82, 2.24) is 0 Å². The van der Waals surface area contributed by atoms with E-state index >= 15 is 0 Å². The van der Waals surface area contributed by atoms with Crippen LogP contribution < -0.4 is 4.72 Å². The highest BCUT2D eigenvalue weighted by molar-refractivity contribution is 7.93. The van der Waals surface area contributed by atoms with Gasteiger partial charge >= 0.3 is 5.97 Å². The van der Waals surface area contributed by atoms with Crippen LogP contribution in [0.2, 0.25) is 0 Å². The molecule has 0 radical (unpaired) electrons. The fourth-order valence-electron chi connectivity index (χ4n) is 3.14. The lowest BCUT2D eigenvalue weighted by atomic mass is 9.94. The molecule has 1 spiro atoms. The molecule has 7 nitrogen and oxygen atoms in total. The summed E-state index contributed by atoms with van der Waals surface area (Å²) in [7, 11) is -4.41. The minimum absolute atomic E-state index is 0.00286. The lowest BCUT2D eigenvalue weighted by molar-refractivity contribution is -0.143. The Hall–Kier alpha value is -2.11. The van der Waals surface area contributed by atoms with E-state index < -0.39 is 50.2 Å². The Balaban J connectivity index is 1.95. The molecule has 11 heteroatoms. The first-order chi connectivity index (χ1) is 13.2. The number of anilines is 1. The molecule has 0 saturated carbocycles. The number of benzene rings is 1. The number of hydrogen-bond acceptors (Lipinski definition) is 6. The molecule has 1 aromatic rings. The van der Waals surface area contributed by atoms with Crippen LogP contribution in [0.5, 0.6) is 0 Å². The van der Waals surface area contributed by atoms with Gasteiger partial charge in [0.2, 0.25) is 10.0 Å². The Morgan fingerprint density at radius 1 is 1.21 bits per heavy atom. The molecule has 154 valence electrons. The molecule has 2 aliphatic rings. The second-order valence-electron chi connectivity index (χ2n) is 6.25. The van der Waals surface area contributed by atoms with Crippen molar-refractivity contribution in [2.45, 2.75) is 30.8 Å². The lowest BCUT2D eigenvalue weighted by Crippen LogP contribution is -2.42. The van der Waals surface area contributed by atoms with Crippen molar-refractivity contribution >= 4 is 21.7 Å². The van der Waals surface area contributed by atoms with Crippen molar-refractivity contribution in [3.63, 3.8) is 0 Å². The third-order valence-corrected chi connectivity index (χ3v) is 6.14. The molecular weight excluding hydrogens is 403 g/mol. The average molecular weight is 421 g/mol. The number of nitrogens with one attached hydrogen (secondary N) is 1. The Labute approximate surface area is 159 Å². The molecule has 1 saturated heterocycles. The fraction of sp³-hybridized carbons (Fsp3) is 0.471. The number of halogens is 3. The molecule has 1 aliphatic heterocycles. The maximum atomic E-state index is 13.9. The van der Waals surface area contributed by atoms with Crippen LogP contribution in [0.25, 0.3) is 0 Å². The van der Waals surface area contributed by atoms with Gasteiger partial charge in [0.25, 0.3) is 0 Å². The maximum Gasteiger partial charge on any atom is 0.335 e. The van der Waals surface area contributed by atoms with Crippen LogP contribution in [0.4, 0.5) is 18.9 Å².